The molecule has 1 aromatic carbocycles. The van der Waals surface area contributed by atoms with E-state index in [0.717, 1.165) is 0 Å². The summed E-state index contributed by atoms with van der Waals surface area (Å²) in [6, 6.07) is 4.62. The molecule has 0 aliphatic carbocycles. The maximum atomic E-state index is 10.6. The highest BCUT2D eigenvalue weighted by molar-refractivity contribution is 9.09. The van der Waals surface area contributed by atoms with Crippen LogP contribution in [-0.2, 0) is 11.2 Å². The number of hydrogen-bond donors (Lipinski definition) is 3. The third kappa shape index (κ3) is 4.24. The van der Waals surface area contributed by atoms with Gasteiger partial charge in [-0.1, -0.05) is 39.7 Å². The van der Waals surface area contributed by atoms with E-state index in [9.17, 15) is 15.0 Å². The quantitative estimate of drug-likeness (QED) is 0.695. The van der Waals surface area contributed by atoms with Crippen LogP contribution in [0.25, 0.3) is 0 Å². The number of aliphatic hydroxyl groups is 2. The summed E-state index contributed by atoms with van der Waals surface area (Å²) in [7, 11) is 0. The van der Waals surface area contributed by atoms with E-state index < -0.39 is 18.2 Å². The summed E-state index contributed by atoms with van der Waals surface area (Å²) in [5.74, 6) is -0.968. The van der Waals surface area contributed by atoms with E-state index in [1.165, 1.54) is 6.07 Å². The molecule has 0 amide bonds. The molecule has 0 spiro atoms. The number of halogens is 2. The van der Waals surface area contributed by atoms with Gasteiger partial charge in [0.25, 0.3) is 0 Å². The highest BCUT2D eigenvalue weighted by atomic mass is 79.9. The normalized spacial score (nSPS) is 14.2. The van der Waals surface area contributed by atoms with Crippen molar-refractivity contribution in [1.82, 2.24) is 0 Å². The van der Waals surface area contributed by atoms with Gasteiger partial charge in [0.1, 0.15) is 6.10 Å². The maximum Gasteiger partial charge on any atom is 0.307 e. The van der Waals surface area contributed by atoms with E-state index in [0.29, 0.717) is 22.9 Å². The smallest absolute Gasteiger partial charge is 0.307 e. The fourth-order valence-electron chi connectivity index (χ4n) is 1.55. The van der Waals surface area contributed by atoms with E-state index >= 15 is 0 Å². The molecular formula is C12H14BrClO4. The minimum atomic E-state index is -1.03. The highest BCUT2D eigenvalue weighted by Gasteiger charge is 2.18. The average Bonchev–Trinajstić information content (AvgIpc) is 2.30. The van der Waals surface area contributed by atoms with Crippen LogP contribution in [0, 0.1) is 0 Å². The molecule has 4 nitrogen and oxygen atoms in total. The number of carboxylic acid groups (broad SMARTS) is 1. The Morgan fingerprint density at radius 3 is 2.56 bits per heavy atom. The molecule has 0 aromatic heterocycles. The van der Waals surface area contributed by atoms with Gasteiger partial charge in [0.2, 0.25) is 0 Å². The van der Waals surface area contributed by atoms with Crippen molar-refractivity contribution < 1.29 is 20.1 Å². The lowest BCUT2D eigenvalue weighted by Crippen LogP contribution is -2.18. The van der Waals surface area contributed by atoms with Crippen LogP contribution >= 0.6 is 27.5 Å². The molecule has 6 heteroatoms. The number of carbonyl (C=O) groups is 1. The molecule has 0 radical (unpaired) electrons. The average molecular weight is 338 g/mol. The van der Waals surface area contributed by atoms with Crippen molar-refractivity contribution >= 4 is 33.5 Å². The fourth-order valence-corrected chi connectivity index (χ4v) is 2.27. The topological polar surface area (TPSA) is 77.8 Å². The van der Waals surface area contributed by atoms with E-state index in [2.05, 4.69) is 15.9 Å². The summed E-state index contributed by atoms with van der Waals surface area (Å²) >= 11 is 9.12. The Bertz CT molecular complexity index is 425. The molecule has 2 atom stereocenters. The van der Waals surface area contributed by atoms with Crippen LogP contribution in [0.1, 0.15) is 23.7 Å². The standard InChI is InChI=1S/C12H14BrClO4/c13-4-3-10(15)12(18)8-2-1-7(6-11(16)17)9(14)5-8/h1-2,5,10,12,15,18H,3-4,6H2,(H,16,17). The summed E-state index contributed by atoms with van der Waals surface area (Å²) < 4.78 is 0. The van der Waals surface area contributed by atoms with Gasteiger partial charge in [0.15, 0.2) is 0 Å². The summed E-state index contributed by atoms with van der Waals surface area (Å²) in [6.07, 6.45) is -1.67. The molecule has 0 fully saturated rings. The zero-order valence-corrected chi connectivity index (χ0v) is 11.9. The van der Waals surface area contributed by atoms with Gasteiger partial charge in [-0.3, -0.25) is 4.79 Å². The van der Waals surface area contributed by atoms with Gasteiger partial charge in [-0.2, -0.15) is 0 Å². The SMILES string of the molecule is O=C(O)Cc1ccc(C(O)C(O)CCBr)cc1Cl. The van der Waals surface area contributed by atoms with Crippen LogP contribution in [0.15, 0.2) is 18.2 Å². The third-order valence-corrected chi connectivity index (χ3v) is 3.34. The van der Waals surface area contributed by atoms with Crippen molar-refractivity contribution in [2.75, 3.05) is 5.33 Å². The first-order valence-electron chi connectivity index (χ1n) is 5.38. The molecule has 0 heterocycles. The van der Waals surface area contributed by atoms with Gasteiger partial charge in [-0.15, -0.1) is 0 Å². The molecule has 1 aromatic rings. The van der Waals surface area contributed by atoms with E-state index in [4.69, 9.17) is 16.7 Å². The lowest BCUT2D eigenvalue weighted by molar-refractivity contribution is -0.136. The molecule has 0 aliphatic rings. The number of benzene rings is 1. The Labute approximate surface area is 118 Å². The van der Waals surface area contributed by atoms with Crippen LogP contribution in [0.2, 0.25) is 5.02 Å². The molecule has 0 saturated heterocycles. The molecule has 3 N–H and O–H groups in total. The second-order valence-corrected chi connectivity index (χ2v) is 5.11. The largest absolute Gasteiger partial charge is 0.481 e. The highest BCUT2D eigenvalue weighted by Crippen LogP contribution is 2.25. The molecule has 1 rings (SSSR count). The summed E-state index contributed by atoms with van der Waals surface area (Å²) in [4.78, 5) is 10.6. The van der Waals surface area contributed by atoms with Gasteiger partial charge in [-0.05, 0) is 23.6 Å². The van der Waals surface area contributed by atoms with E-state index in [1.807, 2.05) is 0 Å². The first kappa shape index (κ1) is 15.4. The zero-order valence-electron chi connectivity index (χ0n) is 9.51. The predicted molar refractivity (Wildman–Crippen MR) is 72.2 cm³/mol. The number of aliphatic carboxylic acids is 1. The molecule has 100 valence electrons. The lowest BCUT2D eigenvalue weighted by Gasteiger charge is -2.18. The molecule has 0 saturated carbocycles. The van der Waals surface area contributed by atoms with Crippen LogP contribution in [0.3, 0.4) is 0 Å². The second-order valence-electron chi connectivity index (χ2n) is 3.91. The Hall–Kier alpha value is -0.620. The Kier molecular flexibility index (Phi) is 6.08. The van der Waals surface area contributed by atoms with Crippen molar-refractivity contribution in [2.45, 2.75) is 25.0 Å². The predicted octanol–water partition coefficient (Wildman–Crippen LogP) is 2.15. The Morgan fingerprint density at radius 1 is 1.39 bits per heavy atom. The van der Waals surface area contributed by atoms with Crippen molar-refractivity contribution in [1.29, 1.82) is 0 Å². The van der Waals surface area contributed by atoms with Crippen molar-refractivity contribution in [3.63, 3.8) is 0 Å². The van der Waals surface area contributed by atoms with Gasteiger partial charge in [0, 0.05) is 10.4 Å². The number of alkyl halides is 1. The zero-order chi connectivity index (χ0) is 13.7. The lowest BCUT2D eigenvalue weighted by atomic mass is 10.0. The maximum absolute atomic E-state index is 10.6. The minimum Gasteiger partial charge on any atom is -0.481 e. The van der Waals surface area contributed by atoms with Gasteiger partial charge < -0.3 is 15.3 Å². The van der Waals surface area contributed by atoms with E-state index in [-0.39, 0.29) is 11.4 Å². The van der Waals surface area contributed by atoms with Crippen LogP contribution in [0.4, 0.5) is 0 Å². The number of hydrogen-bond acceptors (Lipinski definition) is 3. The molecule has 18 heavy (non-hydrogen) atoms. The van der Waals surface area contributed by atoms with Crippen LogP contribution < -0.4 is 0 Å². The molecular weight excluding hydrogens is 323 g/mol. The fraction of sp³-hybridized carbons (Fsp3) is 0.417. The van der Waals surface area contributed by atoms with Crippen LogP contribution in [-0.4, -0.2) is 32.7 Å². The minimum absolute atomic E-state index is 0.167. The molecule has 0 bridgehead atoms. The second kappa shape index (κ2) is 7.09. The van der Waals surface area contributed by atoms with Gasteiger partial charge in [-0.25, -0.2) is 0 Å². The van der Waals surface area contributed by atoms with Crippen molar-refractivity contribution in [3.05, 3.63) is 34.3 Å². The van der Waals surface area contributed by atoms with Crippen molar-refractivity contribution in [3.8, 4) is 0 Å². The third-order valence-electron chi connectivity index (χ3n) is 2.53. The van der Waals surface area contributed by atoms with Crippen LogP contribution in [0.5, 0.6) is 0 Å². The summed E-state index contributed by atoms with van der Waals surface area (Å²) in [5, 5.41) is 29.1. The first-order chi connectivity index (χ1) is 8.45. The number of rotatable bonds is 6. The monoisotopic (exact) mass is 336 g/mol. The van der Waals surface area contributed by atoms with Gasteiger partial charge >= 0.3 is 5.97 Å². The Morgan fingerprint density at radius 2 is 2.06 bits per heavy atom. The molecule has 2 unspecified atom stereocenters. The summed E-state index contributed by atoms with van der Waals surface area (Å²) in [6.45, 7) is 0. The molecule has 0 aliphatic heterocycles. The summed E-state index contributed by atoms with van der Waals surface area (Å²) in [5.41, 5.74) is 0.956. The van der Waals surface area contributed by atoms with Gasteiger partial charge in [0.05, 0.1) is 12.5 Å². The number of aliphatic hydroxyl groups excluding tert-OH is 2. The Balaban J connectivity index is 2.86. The van der Waals surface area contributed by atoms with Crippen molar-refractivity contribution in [2.24, 2.45) is 0 Å². The van der Waals surface area contributed by atoms with E-state index in [1.54, 1.807) is 12.1 Å². The number of carboxylic acids is 1. The first-order valence-corrected chi connectivity index (χ1v) is 6.88.